The number of fused-ring (bicyclic) bond motifs is 1. The molecule has 0 bridgehead atoms. The fraction of sp³-hybridized carbons (Fsp3) is 0.333. The largest absolute Gasteiger partial charge is 0.527 e. The number of nitrogens with one attached hydrogen (secondary N) is 1. The molecule has 1 heterocycles. The van der Waals surface area contributed by atoms with Gasteiger partial charge < -0.3 is 14.3 Å². The summed E-state index contributed by atoms with van der Waals surface area (Å²) >= 11 is 0. The Kier molecular flexibility index (Phi) is 3.96. The summed E-state index contributed by atoms with van der Waals surface area (Å²) in [4.78, 5) is 17.4. The van der Waals surface area contributed by atoms with Gasteiger partial charge in [0.25, 0.3) is 5.95 Å². The summed E-state index contributed by atoms with van der Waals surface area (Å²) in [6, 6.07) is 7.41. The van der Waals surface area contributed by atoms with E-state index in [4.69, 9.17) is 14.2 Å². The van der Waals surface area contributed by atoms with E-state index in [-0.39, 0.29) is 5.95 Å². The van der Waals surface area contributed by atoms with Gasteiger partial charge in [-0.2, -0.15) is 0 Å². The normalized spacial score (nSPS) is 13.7. The van der Waals surface area contributed by atoms with Gasteiger partial charge in [-0.3, -0.25) is 9.79 Å². The highest BCUT2D eigenvalue weighted by Crippen LogP contribution is 2.39. The quantitative estimate of drug-likeness (QED) is 0.728. The molecule has 0 spiro atoms. The summed E-state index contributed by atoms with van der Waals surface area (Å²) in [6.45, 7) is 2.07. The molecular weight excluding hydrogens is 269 g/mol. The maximum Gasteiger partial charge on any atom is 0.527 e. The zero-order valence-electron chi connectivity index (χ0n) is 10.7. The van der Waals surface area contributed by atoms with E-state index in [0.717, 1.165) is 17.4 Å². The van der Waals surface area contributed by atoms with Crippen LogP contribution >= 0.6 is 7.82 Å². The van der Waals surface area contributed by atoms with E-state index in [1.165, 1.54) is 6.07 Å². The average Bonchev–Trinajstić information content (AvgIpc) is 2.67. The predicted molar refractivity (Wildman–Crippen MR) is 71.1 cm³/mol. The second-order valence-corrected chi connectivity index (χ2v) is 5.58. The summed E-state index contributed by atoms with van der Waals surface area (Å²) in [6.07, 6.45) is 0.853. The van der Waals surface area contributed by atoms with Crippen molar-refractivity contribution in [2.75, 3.05) is 7.05 Å². The number of rotatable bonds is 5. The first-order chi connectivity index (χ1) is 8.87. The van der Waals surface area contributed by atoms with E-state index < -0.39 is 7.82 Å². The minimum Gasteiger partial charge on any atom is -0.425 e. The van der Waals surface area contributed by atoms with Crippen molar-refractivity contribution < 1.29 is 23.3 Å². The Morgan fingerprint density at radius 1 is 1.42 bits per heavy atom. The van der Waals surface area contributed by atoms with Gasteiger partial charge in [0.05, 0.1) is 0 Å². The van der Waals surface area contributed by atoms with Crippen molar-refractivity contribution in [1.82, 2.24) is 5.32 Å². The first-order valence-corrected chi connectivity index (χ1v) is 7.35. The highest BCUT2D eigenvalue weighted by Gasteiger charge is 2.19. The lowest BCUT2D eigenvalue weighted by atomic mass is 10.1. The Balaban J connectivity index is 2.26. The first kappa shape index (κ1) is 14.1. The summed E-state index contributed by atoms with van der Waals surface area (Å²) in [5.74, 6) is -0.179. The van der Waals surface area contributed by atoms with Crippen LogP contribution in [0.1, 0.15) is 12.5 Å². The topological polar surface area (TPSA) is 91.9 Å². The van der Waals surface area contributed by atoms with Crippen LogP contribution in [-0.4, -0.2) is 22.9 Å². The van der Waals surface area contributed by atoms with Crippen molar-refractivity contribution in [3.63, 3.8) is 0 Å². The first-order valence-electron chi connectivity index (χ1n) is 5.82. The SMILES string of the molecule is CN[C@H](C)Cc1ccc2oc(OP(=O)(O)O)cc2c1. The van der Waals surface area contributed by atoms with Crippen LogP contribution in [0.15, 0.2) is 28.7 Å². The Hall–Kier alpha value is -1.33. The number of furan rings is 1. The molecule has 0 aliphatic heterocycles. The van der Waals surface area contributed by atoms with Crippen molar-refractivity contribution in [2.45, 2.75) is 19.4 Å². The van der Waals surface area contributed by atoms with Gasteiger partial charge in [0.2, 0.25) is 0 Å². The Bertz CT molecular complexity index is 618. The standard InChI is InChI=1S/C12H16NO5P/c1-8(13-2)5-9-3-4-11-10(6-9)7-12(17-11)18-19(14,15)16/h3-4,6-8,13H,5H2,1-2H3,(H2,14,15,16)/t8-/m1/s1. The van der Waals surface area contributed by atoms with Crippen molar-refractivity contribution in [3.05, 3.63) is 29.8 Å². The maximum absolute atomic E-state index is 10.7. The third kappa shape index (κ3) is 3.81. The number of phosphoric acid groups is 1. The van der Waals surface area contributed by atoms with Crippen LogP contribution in [0, 0.1) is 0 Å². The van der Waals surface area contributed by atoms with Gasteiger partial charge in [0.15, 0.2) is 0 Å². The number of hydrogen-bond donors (Lipinski definition) is 3. The molecule has 2 rings (SSSR count). The van der Waals surface area contributed by atoms with Gasteiger partial charge in [0, 0.05) is 17.5 Å². The van der Waals surface area contributed by atoms with E-state index in [1.54, 1.807) is 6.07 Å². The van der Waals surface area contributed by atoms with Crippen LogP contribution in [0.4, 0.5) is 0 Å². The van der Waals surface area contributed by atoms with Crippen molar-refractivity contribution in [3.8, 4) is 5.95 Å². The van der Waals surface area contributed by atoms with Gasteiger partial charge in [-0.1, -0.05) is 6.07 Å². The Morgan fingerprint density at radius 3 is 2.79 bits per heavy atom. The van der Waals surface area contributed by atoms with Gasteiger partial charge in [-0.25, -0.2) is 4.57 Å². The lowest BCUT2D eigenvalue weighted by Crippen LogP contribution is -2.23. The van der Waals surface area contributed by atoms with Gasteiger partial charge in [-0.15, -0.1) is 0 Å². The van der Waals surface area contributed by atoms with Crippen molar-refractivity contribution in [2.24, 2.45) is 0 Å². The molecule has 19 heavy (non-hydrogen) atoms. The molecule has 0 radical (unpaired) electrons. The van der Waals surface area contributed by atoms with E-state index in [2.05, 4.69) is 16.8 Å². The summed E-state index contributed by atoms with van der Waals surface area (Å²) in [5, 5.41) is 3.90. The number of hydrogen-bond acceptors (Lipinski definition) is 4. The second-order valence-electron chi connectivity index (χ2n) is 4.41. The lowest BCUT2D eigenvalue weighted by Gasteiger charge is -2.09. The molecule has 1 aromatic carbocycles. The molecule has 0 saturated heterocycles. The molecule has 3 N–H and O–H groups in total. The molecule has 6 nitrogen and oxygen atoms in total. The molecule has 2 aromatic rings. The number of likely N-dealkylation sites (N-methyl/N-ethyl adjacent to an activating group) is 1. The van der Waals surface area contributed by atoms with Gasteiger partial charge >= 0.3 is 7.82 Å². The molecule has 104 valence electrons. The van der Waals surface area contributed by atoms with E-state index in [1.807, 2.05) is 19.2 Å². The van der Waals surface area contributed by atoms with Crippen LogP contribution in [0.25, 0.3) is 11.0 Å². The van der Waals surface area contributed by atoms with Crippen LogP contribution in [-0.2, 0) is 11.0 Å². The van der Waals surface area contributed by atoms with E-state index >= 15 is 0 Å². The van der Waals surface area contributed by atoms with Crippen LogP contribution in [0.2, 0.25) is 0 Å². The van der Waals surface area contributed by atoms with Gasteiger partial charge in [0.1, 0.15) is 5.58 Å². The van der Waals surface area contributed by atoms with Crippen molar-refractivity contribution in [1.29, 1.82) is 0 Å². The van der Waals surface area contributed by atoms with E-state index in [9.17, 15) is 4.57 Å². The molecule has 0 saturated carbocycles. The molecule has 7 heteroatoms. The minimum absolute atomic E-state index is 0.179. The van der Waals surface area contributed by atoms with Gasteiger partial charge in [-0.05, 0) is 38.1 Å². The molecule has 1 aromatic heterocycles. The third-order valence-electron chi connectivity index (χ3n) is 2.80. The molecule has 0 aliphatic rings. The number of benzene rings is 1. The monoisotopic (exact) mass is 285 g/mol. The second kappa shape index (κ2) is 5.35. The molecule has 0 amide bonds. The molecule has 0 unspecified atom stereocenters. The predicted octanol–water partition coefficient (Wildman–Crippen LogP) is 2.05. The summed E-state index contributed by atoms with van der Waals surface area (Å²) in [5.41, 5.74) is 1.64. The highest BCUT2D eigenvalue weighted by atomic mass is 31.2. The molecule has 0 fully saturated rings. The molecule has 1 atom stereocenters. The smallest absolute Gasteiger partial charge is 0.425 e. The Labute approximate surface area is 110 Å². The fourth-order valence-electron chi connectivity index (χ4n) is 1.81. The fourth-order valence-corrected chi connectivity index (χ4v) is 2.14. The maximum atomic E-state index is 10.7. The Morgan fingerprint density at radius 2 is 2.16 bits per heavy atom. The molecule has 0 aliphatic carbocycles. The average molecular weight is 285 g/mol. The van der Waals surface area contributed by atoms with Crippen LogP contribution in [0.5, 0.6) is 5.95 Å². The van der Waals surface area contributed by atoms with Crippen LogP contribution in [0.3, 0.4) is 0 Å². The summed E-state index contributed by atoms with van der Waals surface area (Å²) in [7, 11) is -2.69. The lowest BCUT2D eigenvalue weighted by molar-refractivity contribution is 0.258. The number of phosphoric ester groups is 1. The zero-order valence-corrected chi connectivity index (χ0v) is 11.6. The molecular formula is C12H16NO5P. The van der Waals surface area contributed by atoms with E-state index in [0.29, 0.717) is 11.6 Å². The third-order valence-corrected chi connectivity index (χ3v) is 3.22. The van der Waals surface area contributed by atoms with Crippen molar-refractivity contribution >= 4 is 18.8 Å². The highest BCUT2D eigenvalue weighted by molar-refractivity contribution is 7.46. The summed E-state index contributed by atoms with van der Waals surface area (Å²) < 4.78 is 20.3. The zero-order chi connectivity index (χ0) is 14.0. The minimum atomic E-state index is -4.59. The van der Waals surface area contributed by atoms with Crippen LogP contribution < -0.4 is 9.84 Å².